The average Bonchev–Trinajstić information content (AvgIpc) is 2.65. The third kappa shape index (κ3) is 2.54. The number of hydrogen-bond acceptors (Lipinski definition) is 5. The molecule has 1 atom stereocenters. The lowest BCUT2D eigenvalue weighted by molar-refractivity contribution is 0.304. The monoisotopic (exact) mass is 399 g/mol. The first-order chi connectivity index (χ1) is 8.58. The molecule has 0 saturated heterocycles. The van der Waals surface area contributed by atoms with Gasteiger partial charge in [-0.1, -0.05) is 0 Å². The van der Waals surface area contributed by atoms with Gasteiger partial charge in [0.05, 0.1) is 24.1 Å². The molecule has 2 rings (SSSR count). The van der Waals surface area contributed by atoms with E-state index in [9.17, 15) is 0 Å². The molecular weight excluding hydrogens is 387 g/mol. The third-order valence-electron chi connectivity index (χ3n) is 2.53. The van der Waals surface area contributed by atoms with Gasteiger partial charge in [-0.3, -0.25) is 0 Å². The third-order valence-corrected chi connectivity index (χ3v) is 4.54. The smallest absolute Gasteiger partial charge is 0.226 e. The first-order valence-electron chi connectivity index (χ1n) is 5.20. The Labute approximate surface area is 124 Å². The molecule has 9 heteroatoms. The van der Waals surface area contributed by atoms with Gasteiger partial charge in [0.2, 0.25) is 5.28 Å². The van der Waals surface area contributed by atoms with Gasteiger partial charge in [-0.15, -0.1) is 0 Å². The second-order valence-corrected chi connectivity index (χ2v) is 6.12. The van der Waals surface area contributed by atoms with Crippen LogP contribution in [0.25, 0.3) is 11.0 Å². The average molecular weight is 400 g/mol. The van der Waals surface area contributed by atoms with Crippen LogP contribution in [0.1, 0.15) is 5.69 Å². The van der Waals surface area contributed by atoms with Crippen LogP contribution in [-0.4, -0.2) is 44.8 Å². The summed E-state index contributed by atoms with van der Waals surface area (Å²) in [6, 6.07) is 0. The molecule has 0 saturated carbocycles. The van der Waals surface area contributed by atoms with Crippen molar-refractivity contribution in [3.63, 3.8) is 0 Å². The zero-order chi connectivity index (χ0) is 13.3. The molecule has 18 heavy (non-hydrogen) atoms. The second-order valence-electron chi connectivity index (χ2n) is 3.74. The lowest BCUT2D eigenvalue weighted by Crippen LogP contribution is -2.22. The Balaban J connectivity index is 2.68. The van der Waals surface area contributed by atoms with Gasteiger partial charge in [0.1, 0.15) is 5.82 Å². The molecule has 0 aliphatic carbocycles. The van der Waals surface area contributed by atoms with Crippen LogP contribution in [0, 0.1) is 6.92 Å². The summed E-state index contributed by atoms with van der Waals surface area (Å²) in [6.07, 6.45) is 0.451. The number of nitrogens with zero attached hydrogens (tertiary/aromatic N) is 5. The number of rotatable bonds is 4. The van der Waals surface area contributed by atoms with Crippen LogP contribution in [0.4, 0.5) is 5.82 Å². The molecular formula is C9H12ClIN5OP. The SMILES string of the molecule is Cc1nn(PI)c2nc(Cl)nc(N(C)CCO)c12. The van der Waals surface area contributed by atoms with Crippen molar-refractivity contribution in [3.05, 3.63) is 11.0 Å². The minimum atomic E-state index is 0.0564. The fourth-order valence-corrected chi connectivity index (χ4v) is 3.33. The fraction of sp³-hybridized carbons (Fsp3) is 0.444. The Hall–Kier alpha value is -0.240. The zero-order valence-electron chi connectivity index (χ0n) is 9.85. The summed E-state index contributed by atoms with van der Waals surface area (Å²) in [6.45, 7) is 2.46. The van der Waals surface area contributed by atoms with Crippen molar-refractivity contribution in [2.45, 2.75) is 6.92 Å². The zero-order valence-corrected chi connectivity index (χ0v) is 13.8. The Bertz CT molecular complexity index is 578. The number of anilines is 1. The molecule has 6 nitrogen and oxygen atoms in total. The first-order valence-corrected chi connectivity index (χ1v) is 9.64. The predicted octanol–water partition coefficient (Wildman–Crippen LogP) is 2.01. The van der Waals surface area contributed by atoms with E-state index in [-0.39, 0.29) is 11.9 Å². The van der Waals surface area contributed by atoms with E-state index >= 15 is 0 Å². The van der Waals surface area contributed by atoms with Crippen LogP contribution in [0.2, 0.25) is 5.28 Å². The van der Waals surface area contributed by atoms with Gasteiger partial charge in [-0.05, 0) is 40.6 Å². The Morgan fingerprint density at radius 1 is 1.50 bits per heavy atom. The molecule has 0 aliphatic heterocycles. The van der Waals surface area contributed by atoms with E-state index in [1.165, 1.54) is 0 Å². The minimum Gasteiger partial charge on any atom is -0.395 e. The molecule has 98 valence electrons. The van der Waals surface area contributed by atoms with E-state index in [2.05, 4.69) is 37.1 Å². The maximum Gasteiger partial charge on any atom is 0.226 e. The van der Waals surface area contributed by atoms with Gasteiger partial charge in [0.15, 0.2) is 5.65 Å². The van der Waals surface area contributed by atoms with Crippen molar-refractivity contribution in [2.75, 3.05) is 25.1 Å². The lowest BCUT2D eigenvalue weighted by Gasteiger charge is -2.17. The van der Waals surface area contributed by atoms with Gasteiger partial charge < -0.3 is 10.0 Å². The molecule has 0 aliphatic rings. The first kappa shape index (κ1) is 14.2. The van der Waals surface area contributed by atoms with Crippen molar-refractivity contribution in [1.82, 2.24) is 19.5 Å². The van der Waals surface area contributed by atoms with Crippen molar-refractivity contribution in [1.29, 1.82) is 0 Å². The van der Waals surface area contributed by atoms with Crippen LogP contribution in [0.3, 0.4) is 0 Å². The van der Waals surface area contributed by atoms with Crippen molar-refractivity contribution in [2.24, 2.45) is 0 Å². The number of aliphatic hydroxyl groups excluding tert-OH is 1. The maximum atomic E-state index is 9.02. The highest BCUT2D eigenvalue weighted by molar-refractivity contribution is 14.2. The summed E-state index contributed by atoms with van der Waals surface area (Å²) >= 11 is 8.20. The lowest BCUT2D eigenvalue weighted by atomic mass is 10.3. The van der Waals surface area contributed by atoms with Gasteiger partial charge >= 0.3 is 0 Å². The van der Waals surface area contributed by atoms with Gasteiger partial charge in [-0.25, -0.2) is 4.45 Å². The van der Waals surface area contributed by atoms with Crippen molar-refractivity contribution in [3.8, 4) is 0 Å². The number of halogens is 2. The number of aliphatic hydroxyl groups is 1. The van der Waals surface area contributed by atoms with Gasteiger partial charge in [0, 0.05) is 13.6 Å². The van der Waals surface area contributed by atoms with Crippen molar-refractivity contribution >= 4 is 56.9 Å². The van der Waals surface area contributed by atoms with Crippen LogP contribution in [0.5, 0.6) is 0 Å². The van der Waals surface area contributed by atoms with E-state index in [1.807, 2.05) is 23.3 Å². The molecule has 0 amide bonds. The van der Waals surface area contributed by atoms with E-state index in [0.29, 0.717) is 18.7 Å². The van der Waals surface area contributed by atoms with E-state index in [1.54, 1.807) is 0 Å². The van der Waals surface area contributed by atoms with E-state index < -0.39 is 0 Å². The number of likely N-dealkylation sites (N-methyl/N-ethyl adjacent to an activating group) is 1. The molecule has 1 unspecified atom stereocenters. The standard InChI is InChI=1S/C9H12ClIN5OP/c1-5-6-7(15(2)3-4-17)12-9(10)13-8(6)16(14-5)18-11/h17-18H,3-4H2,1-2H3. The van der Waals surface area contributed by atoms with E-state index in [4.69, 9.17) is 16.7 Å². The highest BCUT2D eigenvalue weighted by Gasteiger charge is 2.17. The Morgan fingerprint density at radius 2 is 2.22 bits per heavy atom. The molecule has 0 spiro atoms. The quantitative estimate of drug-likeness (QED) is 0.484. The van der Waals surface area contributed by atoms with Crippen LogP contribution >= 0.6 is 40.0 Å². The number of fused-ring (bicyclic) bond motifs is 1. The van der Waals surface area contributed by atoms with Crippen LogP contribution in [0.15, 0.2) is 0 Å². The number of aryl methyl sites for hydroxylation is 1. The summed E-state index contributed by atoms with van der Waals surface area (Å²) < 4.78 is 1.81. The van der Waals surface area contributed by atoms with Crippen molar-refractivity contribution < 1.29 is 5.11 Å². The predicted molar refractivity (Wildman–Crippen MR) is 83.2 cm³/mol. The number of aromatic nitrogens is 4. The summed E-state index contributed by atoms with van der Waals surface area (Å²) in [4.78, 5) is 10.3. The maximum absolute atomic E-state index is 9.02. The van der Waals surface area contributed by atoms with Crippen LogP contribution in [-0.2, 0) is 0 Å². The van der Waals surface area contributed by atoms with Gasteiger partial charge in [-0.2, -0.15) is 15.1 Å². The Kier molecular flexibility index (Phi) is 4.58. The van der Waals surface area contributed by atoms with Crippen LogP contribution < -0.4 is 4.90 Å². The highest BCUT2D eigenvalue weighted by Crippen LogP contribution is 2.33. The molecule has 1 N–H and O–H groups in total. The second kappa shape index (κ2) is 5.81. The molecule has 0 aromatic carbocycles. The largest absolute Gasteiger partial charge is 0.395 e. The minimum absolute atomic E-state index is 0.0564. The fourth-order valence-electron chi connectivity index (χ4n) is 1.73. The normalized spacial score (nSPS) is 11.8. The number of hydrogen-bond donors (Lipinski definition) is 1. The highest BCUT2D eigenvalue weighted by atomic mass is 127. The topological polar surface area (TPSA) is 67.1 Å². The molecule has 2 aromatic heterocycles. The summed E-state index contributed by atoms with van der Waals surface area (Å²) in [5, 5.41) is 14.5. The molecule has 0 bridgehead atoms. The summed E-state index contributed by atoms with van der Waals surface area (Å²) in [5.74, 6) is 0.706. The van der Waals surface area contributed by atoms with E-state index in [0.717, 1.165) is 16.7 Å². The summed E-state index contributed by atoms with van der Waals surface area (Å²) in [7, 11) is 1.86. The molecule has 2 heterocycles. The van der Waals surface area contributed by atoms with Gasteiger partial charge in [0.25, 0.3) is 0 Å². The molecule has 2 aromatic rings. The Morgan fingerprint density at radius 3 is 2.83 bits per heavy atom. The molecule has 0 fully saturated rings. The summed E-state index contributed by atoms with van der Waals surface area (Å²) in [5.41, 5.74) is 1.60. The molecule has 0 radical (unpaired) electrons.